The number of aliphatic hydroxyl groups is 1. The Kier molecular flexibility index (Phi) is 4.82. The van der Waals surface area contributed by atoms with E-state index in [0.29, 0.717) is 28.6 Å². The van der Waals surface area contributed by atoms with Crippen LogP contribution in [-0.2, 0) is 13.6 Å². The van der Waals surface area contributed by atoms with Gasteiger partial charge >= 0.3 is 5.69 Å². The van der Waals surface area contributed by atoms with Crippen LogP contribution in [0.1, 0.15) is 18.1 Å². The highest BCUT2D eigenvalue weighted by atomic mass is 32.2. The maximum atomic E-state index is 12.4. The van der Waals surface area contributed by atoms with Gasteiger partial charge in [-0.15, -0.1) is 0 Å². The summed E-state index contributed by atoms with van der Waals surface area (Å²) in [7, 11) is 1.58. The van der Waals surface area contributed by atoms with Crippen molar-refractivity contribution in [1.82, 2.24) is 19.1 Å². The molecule has 2 N–H and O–H groups in total. The molecule has 2 heterocycles. The topological polar surface area (TPSA) is 92.9 Å². The number of imidazole rings is 1. The molecule has 0 spiro atoms. The first-order valence-corrected chi connectivity index (χ1v) is 8.91. The summed E-state index contributed by atoms with van der Waals surface area (Å²) in [6.45, 7) is 4.17. The zero-order valence-electron chi connectivity index (χ0n) is 14.3. The van der Waals surface area contributed by atoms with Gasteiger partial charge < -0.3 is 9.67 Å². The van der Waals surface area contributed by atoms with Gasteiger partial charge in [-0.25, -0.2) is 9.78 Å². The van der Waals surface area contributed by atoms with Crippen LogP contribution in [0.3, 0.4) is 0 Å². The number of benzene rings is 1. The zero-order chi connectivity index (χ0) is 18.1. The van der Waals surface area contributed by atoms with E-state index in [0.717, 1.165) is 11.1 Å². The van der Waals surface area contributed by atoms with Crippen LogP contribution < -0.4 is 11.2 Å². The zero-order valence-corrected chi connectivity index (χ0v) is 15.1. The third-order valence-electron chi connectivity index (χ3n) is 3.89. The van der Waals surface area contributed by atoms with E-state index in [-0.39, 0.29) is 0 Å². The number of aromatic amines is 1. The Labute approximate surface area is 148 Å². The molecule has 0 fully saturated rings. The van der Waals surface area contributed by atoms with E-state index in [2.05, 4.69) is 9.97 Å². The number of rotatable bonds is 5. The van der Waals surface area contributed by atoms with Gasteiger partial charge in [-0.05, 0) is 19.4 Å². The Morgan fingerprint density at radius 3 is 2.60 bits per heavy atom. The highest BCUT2D eigenvalue weighted by Crippen LogP contribution is 2.23. The van der Waals surface area contributed by atoms with E-state index in [4.69, 9.17) is 0 Å². The summed E-state index contributed by atoms with van der Waals surface area (Å²) in [5.41, 5.74) is 1.93. The molecule has 8 heteroatoms. The van der Waals surface area contributed by atoms with Crippen molar-refractivity contribution in [2.24, 2.45) is 7.05 Å². The van der Waals surface area contributed by atoms with Crippen LogP contribution in [0.15, 0.2) is 39.0 Å². The minimum absolute atomic E-state index is 0.342. The first-order valence-electron chi connectivity index (χ1n) is 7.92. The smallest absolute Gasteiger partial charge is 0.329 e. The Bertz CT molecular complexity index is 1020. The SMILES string of the molecule is Cc1ccc(Cn2c(SCC(C)O)nc3c2c(=O)[nH]c(=O)n3C)cc1. The fourth-order valence-corrected chi connectivity index (χ4v) is 3.40. The summed E-state index contributed by atoms with van der Waals surface area (Å²) in [6.07, 6.45) is -0.500. The van der Waals surface area contributed by atoms with Crippen molar-refractivity contribution in [2.45, 2.75) is 31.7 Å². The number of aromatic nitrogens is 4. The highest BCUT2D eigenvalue weighted by molar-refractivity contribution is 7.99. The number of aliphatic hydroxyl groups excluding tert-OH is 1. The van der Waals surface area contributed by atoms with E-state index in [9.17, 15) is 14.7 Å². The summed E-state index contributed by atoms with van der Waals surface area (Å²) in [5.74, 6) is 0.447. The molecule has 1 unspecified atom stereocenters. The van der Waals surface area contributed by atoms with E-state index in [1.807, 2.05) is 31.2 Å². The summed E-state index contributed by atoms with van der Waals surface area (Å²) >= 11 is 1.36. The number of thioether (sulfide) groups is 1. The first-order chi connectivity index (χ1) is 11.9. The second-order valence-electron chi connectivity index (χ2n) is 6.12. The monoisotopic (exact) mass is 360 g/mol. The van der Waals surface area contributed by atoms with Crippen molar-refractivity contribution < 1.29 is 5.11 Å². The van der Waals surface area contributed by atoms with Crippen molar-refractivity contribution in [1.29, 1.82) is 0 Å². The third-order valence-corrected chi connectivity index (χ3v) is 5.11. The molecule has 0 saturated carbocycles. The summed E-state index contributed by atoms with van der Waals surface area (Å²) in [6, 6.07) is 8.02. The fourth-order valence-electron chi connectivity index (χ4n) is 2.54. The summed E-state index contributed by atoms with van der Waals surface area (Å²) in [4.78, 5) is 31.0. The molecule has 25 heavy (non-hydrogen) atoms. The van der Waals surface area contributed by atoms with Crippen molar-refractivity contribution in [3.63, 3.8) is 0 Å². The molecule has 0 aliphatic carbocycles. The average Bonchev–Trinajstić information content (AvgIpc) is 2.92. The predicted octanol–water partition coefficient (Wildman–Crippen LogP) is 1.25. The van der Waals surface area contributed by atoms with Gasteiger partial charge in [0, 0.05) is 12.8 Å². The standard InChI is InChI=1S/C17H20N4O3S/c1-10-4-6-12(7-5-10)8-21-13-14(18-17(21)25-9-11(2)22)20(3)16(24)19-15(13)23/h4-7,11,22H,8-9H2,1-3H3,(H,19,23,24). The molecule has 0 amide bonds. The maximum absolute atomic E-state index is 12.4. The van der Waals surface area contributed by atoms with E-state index in [1.165, 1.54) is 16.3 Å². The van der Waals surface area contributed by atoms with Gasteiger partial charge in [-0.3, -0.25) is 14.3 Å². The van der Waals surface area contributed by atoms with Crippen LogP contribution >= 0.6 is 11.8 Å². The van der Waals surface area contributed by atoms with Crippen molar-refractivity contribution >= 4 is 22.9 Å². The number of hydrogen-bond donors (Lipinski definition) is 2. The minimum Gasteiger partial charge on any atom is -0.393 e. The molecule has 0 bridgehead atoms. The fraction of sp³-hybridized carbons (Fsp3) is 0.353. The second kappa shape index (κ2) is 6.89. The van der Waals surface area contributed by atoms with Gasteiger partial charge in [-0.2, -0.15) is 0 Å². The molecule has 0 saturated heterocycles. The van der Waals surface area contributed by atoms with Gasteiger partial charge in [0.05, 0.1) is 12.6 Å². The molecule has 7 nitrogen and oxygen atoms in total. The molecule has 132 valence electrons. The van der Waals surface area contributed by atoms with Crippen LogP contribution in [0.4, 0.5) is 0 Å². The minimum atomic E-state index is -0.500. The van der Waals surface area contributed by atoms with Crippen LogP contribution in [0.25, 0.3) is 11.2 Å². The van der Waals surface area contributed by atoms with Gasteiger partial charge in [0.2, 0.25) is 0 Å². The summed E-state index contributed by atoms with van der Waals surface area (Å²) < 4.78 is 3.13. The van der Waals surface area contributed by atoms with Gasteiger partial charge in [0.25, 0.3) is 5.56 Å². The first kappa shape index (κ1) is 17.5. The Morgan fingerprint density at radius 2 is 1.96 bits per heavy atom. The van der Waals surface area contributed by atoms with Crippen molar-refractivity contribution in [3.8, 4) is 0 Å². The van der Waals surface area contributed by atoms with E-state index >= 15 is 0 Å². The molecule has 2 aromatic heterocycles. The molecule has 0 radical (unpaired) electrons. The lowest BCUT2D eigenvalue weighted by Crippen LogP contribution is -2.29. The lowest BCUT2D eigenvalue weighted by molar-refractivity contribution is 0.220. The molecule has 0 aliphatic rings. The number of H-pyrrole nitrogens is 1. The highest BCUT2D eigenvalue weighted by Gasteiger charge is 2.18. The Morgan fingerprint density at radius 1 is 1.28 bits per heavy atom. The van der Waals surface area contributed by atoms with E-state index in [1.54, 1.807) is 18.5 Å². The maximum Gasteiger partial charge on any atom is 0.329 e. The molecule has 3 aromatic rings. The van der Waals surface area contributed by atoms with Crippen LogP contribution in [-0.4, -0.2) is 36.1 Å². The van der Waals surface area contributed by atoms with Gasteiger partial charge in [-0.1, -0.05) is 41.6 Å². The van der Waals surface area contributed by atoms with Crippen LogP contribution in [0, 0.1) is 6.92 Å². The van der Waals surface area contributed by atoms with Crippen molar-refractivity contribution in [2.75, 3.05) is 5.75 Å². The molecular weight excluding hydrogens is 340 g/mol. The molecule has 3 rings (SSSR count). The number of aryl methyl sites for hydroxylation is 2. The molecule has 1 atom stereocenters. The normalized spacial score (nSPS) is 12.6. The summed E-state index contributed by atoms with van der Waals surface area (Å²) in [5, 5.41) is 10.2. The molecule has 0 aliphatic heterocycles. The lowest BCUT2D eigenvalue weighted by atomic mass is 10.1. The third kappa shape index (κ3) is 3.54. The quantitative estimate of drug-likeness (QED) is 0.668. The van der Waals surface area contributed by atoms with Crippen LogP contribution in [0.5, 0.6) is 0 Å². The lowest BCUT2D eigenvalue weighted by Gasteiger charge is -2.09. The average molecular weight is 360 g/mol. The van der Waals surface area contributed by atoms with E-state index < -0.39 is 17.4 Å². The second-order valence-corrected chi connectivity index (χ2v) is 7.10. The largest absolute Gasteiger partial charge is 0.393 e. The van der Waals surface area contributed by atoms with Gasteiger partial charge in [0.1, 0.15) is 0 Å². The number of fused-ring (bicyclic) bond motifs is 1. The van der Waals surface area contributed by atoms with Gasteiger partial charge in [0.15, 0.2) is 16.3 Å². The number of nitrogens with zero attached hydrogens (tertiary/aromatic N) is 3. The molecular formula is C17H20N4O3S. The number of hydrogen-bond acceptors (Lipinski definition) is 5. The predicted molar refractivity (Wildman–Crippen MR) is 98.3 cm³/mol. The molecule has 1 aromatic carbocycles. The van der Waals surface area contributed by atoms with Crippen molar-refractivity contribution in [3.05, 3.63) is 56.2 Å². The Hall–Kier alpha value is -2.32. The number of nitrogens with one attached hydrogen (secondary N) is 1. The van der Waals surface area contributed by atoms with Crippen LogP contribution in [0.2, 0.25) is 0 Å². The Balaban J connectivity index is 2.16.